The van der Waals surface area contributed by atoms with E-state index in [4.69, 9.17) is 5.11 Å². The van der Waals surface area contributed by atoms with Gasteiger partial charge in [0.05, 0.1) is 0 Å². The molecule has 0 radical (unpaired) electrons. The molecule has 0 spiro atoms. The molecule has 1 fully saturated rings. The second kappa shape index (κ2) is 6.21. The van der Waals surface area contributed by atoms with Crippen LogP contribution in [0.4, 0.5) is 0 Å². The smallest absolute Gasteiger partial charge is 0.223 e. The lowest BCUT2D eigenvalue weighted by molar-refractivity contribution is -0.129. The van der Waals surface area contributed by atoms with E-state index < -0.39 is 0 Å². The van der Waals surface area contributed by atoms with Crippen LogP contribution in [-0.2, 0) is 4.79 Å². The van der Waals surface area contributed by atoms with Crippen molar-refractivity contribution in [2.24, 2.45) is 5.92 Å². The average Bonchev–Trinajstić information content (AvgIpc) is 2.99. The van der Waals surface area contributed by atoms with Gasteiger partial charge in [-0.2, -0.15) is 0 Å². The van der Waals surface area contributed by atoms with Crippen LogP contribution in [0.15, 0.2) is 0 Å². The Morgan fingerprint density at radius 1 is 1.50 bits per heavy atom. The van der Waals surface area contributed by atoms with Gasteiger partial charge in [-0.25, -0.2) is 0 Å². The van der Waals surface area contributed by atoms with Gasteiger partial charge in [0.25, 0.3) is 0 Å². The number of carbonyl (C=O) groups is 1. The van der Waals surface area contributed by atoms with E-state index in [0.29, 0.717) is 18.4 Å². The van der Waals surface area contributed by atoms with Crippen molar-refractivity contribution in [2.45, 2.75) is 44.7 Å². The monoisotopic (exact) mass is 228 g/mol. The molecule has 0 aromatic carbocycles. The van der Waals surface area contributed by atoms with E-state index in [1.165, 1.54) is 12.8 Å². The van der Waals surface area contributed by atoms with E-state index >= 15 is 0 Å². The third-order valence-electron chi connectivity index (χ3n) is 3.11. The van der Waals surface area contributed by atoms with Gasteiger partial charge in [0.15, 0.2) is 0 Å². The molecule has 4 heteroatoms. The molecule has 0 heterocycles. The van der Waals surface area contributed by atoms with Crippen molar-refractivity contribution < 1.29 is 9.90 Å². The highest BCUT2D eigenvalue weighted by Gasteiger charge is 2.31. The predicted molar refractivity (Wildman–Crippen MR) is 64.1 cm³/mol. The second-order valence-corrected chi connectivity index (χ2v) is 5.02. The maximum absolute atomic E-state index is 11.5. The van der Waals surface area contributed by atoms with Crippen molar-refractivity contribution in [1.82, 2.24) is 10.2 Å². The van der Waals surface area contributed by atoms with E-state index in [1.54, 1.807) is 19.0 Å². The number of aliphatic hydroxyl groups excluding tert-OH is 1. The Balaban J connectivity index is 2.30. The van der Waals surface area contributed by atoms with Crippen LogP contribution in [0.5, 0.6) is 0 Å². The van der Waals surface area contributed by atoms with Gasteiger partial charge in [-0.1, -0.05) is 0 Å². The first kappa shape index (κ1) is 13.5. The van der Waals surface area contributed by atoms with Crippen molar-refractivity contribution in [3.8, 4) is 0 Å². The van der Waals surface area contributed by atoms with Crippen molar-refractivity contribution in [2.75, 3.05) is 20.7 Å². The molecule has 0 aromatic rings. The van der Waals surface area contributed by atoms with E-state index in [9.17, 15) is 4.79 Å². The van der Waals surface area contributed by atoms with Gasteiger partial charge in [0, 0.05) is 39.2 Å². The number of aliphatic hydroxyl groups is 1. The number of carbonyl (C=O) groups excluding carboxylic acids is 1. The molecule has 0 aliphatic heterocycles. The van der Waals surface area contributed by atoms with E-state index in [0.717, 1.165) is 6.42 Å². The maximum Gasteiger partial charge on any atom is 0.223 e. The zero-order chi connectivity index (χ0) is 12.1. The molecule has 1 aliphatic rings. The minimum absolute atomic E-state index is 0.151. The number of nitrogens with zero attached hydrogens (tertiary/aromatic N) is 1. The molecule has 4 nitrogen and oxygen atoms in total. The quantitative estimate of drug-likeness (QED) is 0.671. The van der Waals surface area contributed by atoms with Crippen LogP contribution >= 0.6 is 0 Å². The molecule has 1 amide bonds. The first-order valence-electron chi connectivity index (χ1n) is 6.11. The van der Waals surface area contributed by atoms with Crippen LogP contribution in [-0.4, -0.2) is 48.7 Å². The third kappa shape index (κ3) is 4.49. The van der Waals surface area contributed by atoms with Gasteiger partial charge in [-0.15, -0.1) is 0 Å². The fourth-order valence-corrected chi connectivity index (χ4v) is 1.96. The van der Waals surface area contributed by atoms with Crippen LogP contribution in [0.25, 0.3) is 0 Å². The molecule has 2 unspecified atom stereocenters. The van der Waals surface area contributed by atoms with Crippen molar-refractivity contribution in [1.29, 1.82) is 0 Å². The molecule has 2 atom stereocenters. The van der Waals surface area contributed by atoms with Crippen LogP contribution in [0, 0.1) is 5.92 Å². The van der Waals surface area contributed by atoms with Gasteiger partial charge in [0.1, 0.15) is 0 Å². The predicted octanol–water partition coefficient (Wildman–Crippen LogP) is 0.604. The van der Waals surface area contributed by atoms with Gasteiger partial charge in [-0.3, -0.25) is 4.79 Å². The summed E-state index contributed by atoms with van der Waals surface area (Å²) < 4.78 is 0. The fraction of sp³-hybridized carbons (Fsp3) is 0.917. The highest BCUT2D eigenvalue weighted by Crippen LogP contribution is 2.34. The van der Waals surface area contributed by atoms with Gasteiger partial charge in [-0.05, 0) is 32.1 Å². The maximum atomic E-state index is 11.5. The Bertz CT molecular complexity index is 227. The minimum Gasteiger partial charge on any atom is -0.396 e. The normalized spacial score (nSPS) is 19.2. The molecule has 0 bridgehead atoms. The number of hydrogen-bond acceptors (Lipinski definition) is 3. The van der Waals surface area contributed by atoms with Gasteiger partial charge in [0.2, 0.25) is 5.91 Å². The third-order valence-corrected chi connectivity index (χ3v) is 3.11. The number of rotatable bonds is 7. The molecule has 94 valence electrons. The summed E-state index contributed by atoms with van der Waals surface area (Å²) in [7, 11) is 3.56. The zero-order valence-corrected chi connectivity index (χ0v) is 10.6. The topological polar surface area (TPSA) is 52.6 Å². The average molecular weight is 228 g/mol. The zero-order valence-electron chi connectivity index (χ0n) is 10.6. The Hall–Kier alpha value is -0.610. The van der Waals surface area contributed by atoms with E-state index in [2.05, 4.69) is 5.32 Å². The summed E-state index contributed by atoms with van der Waals surface area (Å²) in [4.78, 5) is 13.1. The summed E-state index contributed by atoms with van der Waals surface area (Å²) in [5, 5.41) is 12.4. The SMILES string of the molecule is CC(CC(=O)N(C)C)NC(CCO)C1CC1. The standard InChI is InChI=1S/C12H24N2O2/c1-9(8-12(16)14(2)3)13-11(6-7-15)10-4-5-10/h9-11,13,15H,4-8H2,1-3H3. The fourth-order valence-electron chi connectivity index (χ4n) is 1.96. The molecule has 2 N–H and O–H groups in total. The second-order valence-electron chi connectivity index (χ2n) is 5.02. The summed E-state index contributed by atoms with van der Waals surface area (Å²) >= 11 is 0. The summed E-state index contributed by atoms with van der Waals surface area (Å²) in [5.74, 6) is 0.864. The summed E-state index contributed by atoms with van der Waals surface area (Å²) in [6.07, 6.45) is 3.84. The Morgan fingerprint density at radius 2 is 2.12 bits per heavy atom. The first-order valence-corrected chi connectivity index (χ1v) is 6.11. The van der Waals surface area contributed by atoms with Crippen LogP contribution in [0.3, 0.4) is 0 Å². The summed E-state index contributed by atoms with van der Waals surface area (Å²) in [6.45, 7) is 2.26. The highest BCUT2D eigenvalue weighted by molar-refractivity contribution is 5.76. The number of amides is 1. The molecular weight excluding hydrogens is 204 g/mol. The van der Waals surface area contributed by atoms with Crippen molar-refractivity contribution >= 4 is 5.91 Å². The van der Waals surface area contributed by atoms with Crippen LogP contribution < -0.4 is 5.32 Å². The van der Waals surface area contributed by atoms with E-state index in [-0.39, 0.29) is 18.6 Å². The number of nitrogens with one attached hydrogen (secondary N) is 1. The summed E-state index contributed by atoms with van der Waals surface area (Å²) in [6, 6.07) is 0.571. The summed E-state index contributed by atoms with van der Waals surface area (Å²) in [5.41, 5.74) is 0. The lowest BCUT2D eigenvalue weighted by atomic mass is 10.1. The lowest BCUT2D eigenvalue weighted by Gasteiger charge is -2.23. The molecule has 1 saturated carbocycles. The van der Waals surface area contributed by atoms with Gasteiger partial charge >= 0.3 is 0 Å². The molecule has 0 saturated heterocycles. The van der Waals surface area contributed by atoms with Gasteiger partial charge < -0.3 is 15.3 Å². The molecule has 1 rings (SSSR count). The highest BCUT2D eigenvalue weighted by atomic mass is 16.3. The van der Waals surface area contributed by atoms with Crippen LogP contribution in [0.2, 0.25) is 0 Å². The van der Waals surface area contributed by atoms with Crippen molar-refractivity contribution in [3.05, 3.63) is 0 Å². The van der Waals surface area contributed by atoms with Crippen molar-refractivity contribution in [3.63, 3.8) is 0 Å². The van der Waals surface area contributed by atoms with E-state index in [1.807, 2.05) is 6.92 Å². The van der Waals surface area contributed by atoms with Crippen LogP contribution in [0.1, 0.15) is 32.6 Å². The Kier molecular flexibility index (Phi) is 5.22. The molecule has 1 aliphatic carbocycles. The number of hydrogen-bond donors (Lipinski definition) is 2. The minimum atomic E-state index is 0.151. The molecular formula is C12H24N2O2. The Morgan fingerprint density at radius 3 is 2.56 bits per heavy atom. The Labute approximate surface area is 98.0 Å². The first-order chi connectivity index (χ1) is 7.54. The lowest BCUT2D eigenvalue weighted by Crippen LogP contribution is -2.41. The molecule has 16 heavy (non-hydrogen) atoms. The molecule has 0 aromatic heterocycles. The largest absolute Gasteiger partial charge is 0.396 e.